The third-order valence-electron chi connectivity index (χ3n) is 6.97. The molecule has 214 valence electrons. The number of halogens is 2. The summed E-state index contributed by atoms with van der Waals surface area (Å²) in [7, 11) is 1.59. The second kappa shape index (κ2) is 11.3. The number of amides is 2. The molecule has 0 spiro atoms. The summed E-state index contributed by atoms with van der Waals surface area (Å²) < 4.78 is 36.2. The summed E-state index contributed by atoms with van der Waals surface area (Å²) in [4.78, 5) is 39.1. The predicted molar refractivity (Wildman–Crippen MR) is 146 cm³/mol. The van der Waals surface area contributed by atoms with Gasteiger partial charge in [0.2, 0.25) is 0 Å². The average Bonchev–Trinajstić information content (AvgIpc) is 3.50. The fraction of sp³-hybridized carbons (Fsp3) is 0.296. The van der Waals surface area contributed by atoms with E-state index in [1.54, 1.807) is 30.1 Å². The maximum Gasteiger partial charge on any atom is 0.404 e. The lowest BCUT2D eigenvalue weighted by atomic mass is 10.1. The van der Waals surface area contributed by atoms with Crippen molar-refractivity contribution in [3.63, 3.8) is 0 Å². The van der Waals surface area contributed by atoms with Gasteiger partial charge in [-0.2, -0.15) is 14.9 Å². The molecule has 0 aliphatic carbocycles. The summed E-state index contributed by atoms with van der Waals surface area (Å²) in [5, 5.41) is 23.7. The molecule has 1 fully saturated rings. The van der Waals surface area contributed by atoms with Crippen molar-refractivity contribution in [2.75, 3.05) is 37.0 Å². The maximum atomic E-state index is 14.4. The number of hydrogen-bond acceptors (Lipinski definition) is 7. The number of nitrogens with one attached hydrogen (secondary N) is 2. The summed E-state index contributed by atoms with van der Waals surface area (Å²) in [6.07, 6.45) is 0.535. The number of benzene rings is 2. The van der Waals surface area contributed by atoms with Gasteiger partial charge in [-0.3, -0.25) is 14.3 Å². The van der Waals surface area contributed by atoms with Crippen LogP contribution in [-0.4, -0.2) is 69.5 Å². The zero-order valence-electron chi connectivity index (χ0n) is 22.2. The van der Waals surface area contributed by atoms with Gasteiger partial charge < -0.3 is 25.4 Å². The first-order valence-electron chi connectivity index (χ1n) is 12.8. The molecule has 3 heterocycles. The molecule has 0 unspecified atom stereocenters. The monoisotopic (exact) mass is 567 g/mol. The Morgan fingerprint density at radius 2 is 1.85 bits per heavy atom. The topological polar surface area (TPSA) is 144 Å². The Kier molecular flexibility index (Phi) is 7.66. The highest BCUT2D eigenvalue weighted by Crippen LogP contribution is 2.38. The summed E-state index contributed by atoms with van der Waals surface area (Å²) in [6.45, 7) is 3.68. The first-order valence-corrected chi connectivity index (χ1v) is 12.8. The Morgan fingerprint density at radius 1 is 1.10 bits per heavy atom. The molecule has 41 heavy (non-hydrogen) atoms. The van der Waals surface area contributed by atoms with Gasteiger partial charge in [-0.15, -0.1) is 0 Å². The number of aromatic nitrogens is 4. The third kappa shape index (κ3) is 5.45. The van der Waals surface area contributed by atoms with Gasteiger partial charge in [0, 0.05) is 31.7 Å². The number of nitrogens with zero attached hydrogens (tertiary/aromatic N) is 5. The van der Waals surface area contributed by atoms with E-state index in [0.717, 1.165) is 29.8 Å². The van der Waals surface area contributed by atoms with Crippen molar-refractivity contribution in [3.8, 4) is 5.69 Å². The molecule has 12 nitrogen and oxygen atoms in total. The van der Waals surface area contributed by atoms with Gasteiger partial charge in [0.25, 0.3) is 11.5 Å². The van der Waals surface area contributed by atoms with Crippen LogP contribution in [0.15, 0.2) is 53.5 Å². The van der Waals surface area contributed by atoms with E-state index in [1.165, 1.54) is 6.07 Å². The van der Waals surface area contributed by atoms with Gasteiger partial charge >= 0.3 is 6.09 Å². The molecule has 0 saturated carbocycles. The van der Waals surface area contributed by atoms with Crippen molar-refractivity contribution in [3.05, 3.63) is 76.3 Å². The largest absolute Gasteiger partial charge is 0.465 e. The number of anilines is 2. The van der Waals surface area contributed by atoms with Crippen molar-refractivity contribution >= 4 is 34.3 Å². The predicted octanol–water partition coefficient (Wildman–Crippen LogP) is 2.85. The van der Waals surface area contributed by atoms with Crippen LogP contribution in [0.5, 0.6) is 0 Å². The van der Waals surface area contributed by atoms with E-state index >= 15 is 0 Å². The number of carbonyl (C=O) groups is 2. The van der Waals surface area contributed by atoms with Crippen LogP contribution < -0.4 is 21.1 Å². The summed E-state index contributed by atoms with van der Waals surface area (Å²) in [6, 6.07) is 8.41. The third-order valence-corrected chi connectivity index (χ3v) is 6.97. The van der Waals surface area contributed by atoms with Crippen LogP contribution in [0.3, 0.4) is 0 Å². The number of hydrogen-bond donors (Lipinski definition) is 3. The number of carboxylic acid groups (broad SMARTS) is 1. The smallest absolute Gasteiger partial charge is 0.404 e. The van der Waals surface area contributed by atoms with E-state index in [1.807, 2.05) is 11.8 Å². The van der Waals surface area contributed by atoms with Crippen molar-refractivity contribution in [1.29, 1.82) is 0 Å². The van der Waals surface area contributed by atoms with Gasteiger partial charge in [-0.05, 0) is 36.2 Å². The van der Waals surface area contributed by atoms with Crippen LogP contribution >= 0.6 is 0 Å². The number of para-hydroxylation sites is 1. The molecular weight excluding hydrogens is 540 g/mol. The molecule has 1 aliphatic rings. The van der Waals surface area contributed by atoms with Crippen molar-refractivity contribution < 1.29 is 28.2 Å². The van der Waals surface area contributed by atoms with Gasteiger partial charge in [0.05, 0.1) is 42.3 Å². The van der Waals surface area contributed by atoms with Crippen molar-refractivity contribution in [1.82, 2.24) is 24.9 Å². The molecule has 0 bridgehead atoms. The number of carbonyl (C=O) groups excluding carboxylic acids is 1. The lowest BCUT2D eigenvalue weighted by molar-refractivity contribution is 0.102. The lowest BCUT2D eigenvalue weighted by Crippen LogP contribution is -2.39. The van der Waals surface area contributed by atoms with Crippen LogP contribution in [0, 0.1) is 17.6 Å². The van der Waals surface area contributed by atoms with Crippen LogP contribution in [0.1, 0.15) is 17.4 Å². The molecule has 2 aromatic heterocycles. The average molecular weight is 568 g/mol. The second-order valence-electron chi connectivity index (χ2n) is 9.69. The van der Waals surface area contributed by atoms with E-state index in [9.17, 15) is 28.3 Å². The number of fused-ring (bicyclic) bond motifs is 1. The Hall–Kier alpha value is -4.85. The molecule has 1 saturated heterocycles. The van der Waals surface area contributed by atoms with Gasteiger partial charge in [0.15, 0.2) is 11.6 Å². The van der Waals surface area contributed by atoms with Crippen molar-refractivity contribution in [2.45, 2.75) is 19.5 Å². The minimum absolute atomic E-state index is 0.0330. The van der Waals surface area contributed by atoms with Crippen LogP contribution in [0.25, 0.3) is 16.6 Å². The number of methoxy groups -OCH3 is 1. The molecule has 14 heteroatoms. The highest BCUT2D eigenvalue weighted by molar-refractivity contribution is 6.09. The standard InChI is InChI=1S/C27H27F2N7O5/c1-15-13-34(14-21(15)32-27(39)40)24-16-12-30-35(10-11-41-2)22(16)8-6-19(24)31-26(38)20-7-9-23(37)36(33-20)25-17(28)4-3-5-18(25)29/h3-9,12,15,21,32H,10-11,13-14H2,1-2H3,(H,31,38)(H,39,40)/t15-,21+/m1/s1. The fourth-order valence-electron chi connectivity index (χ4n) is 5.00. The molecule has 5 rings (SSSR count). The van der Waals surface area contributed by atoms with Crippen LogP contribution in [-0.2, 0) is 11.3 Å². The van der Waals surface area contributed by atoms with Crippen molar-refractivity contribution in [2.24, 2.45) is 5.92 Å². The lowest BCUT2D eigenvalue weighted by Gasteiger charge is -2.23. The Labute approximate surface area is 232 Å². The van der Waals surface area contributed by atoms with E-state index in [0.29, 0.717) is 47.7 Å². The normalized spacial score (nSPS) is 16.7. The number of ether oxygens (including phenoxy) is 1. The highest BCUT2D eigenvalue weighted by atomic mass is 19.1. The number of rotatable bonds is 8. The van der Waals surface area contributed by atoms with E-state index in [-0.39, 0.29) is 17.7 Å². The zero-order valence-corrected chi connectivity index (χ0v) is 22.2. The molecule has 2 aromatic carbocycles. The van der Waals surface area contributed by atoms with Gasteiger partial charge in [-0.1, -0.05) is 13.0 Å². The highest BCUT2D eigenvalue weighted by Gasteiger charge is 2.33. The molecule has 2 atom stereocenters. The molecule has 3 N–H and O–H groups in total. The fourth-order valence-corrected chi connectivity index (χ4v) is 5.00. The van der Waals surface area contributed by atoms with Crippen LogP contribution in [0.4, 0.5) is 25.0 Å². The minimum atomic E-state index is -1.13. The Balaban J connectivity index is 1.53. The van der Waals surface area contributed by atoms with E-state index in [4.69, 9.17) is 4.74 Å². The molecule has 0 radical (unpaired) electrons. The molecule has 2 amide bonds. The van der Waals surface area contributed by atoms with Crippen LogP contribution in [0.2, 0.25) is 0 Å². The Bertz CT molecular complexity index is 1670. The maximum absolute atomic E-state index is 14.4. The minimum Gasteiger partial charge on any atom is -0.465 e. The van der Waals surface area contributed by atoms with Gasteiger partial charge in [0.1, 0.15) is 11.4 Å². The quantitative estimate of drug-likeness (QED) is 0.295. The van der Waals surface area contributed by atoms with E-state index in [2.05, 4.69) is 20.8 Å². The SMILES string of the molecule is COCCn1ncc2c(N3C[C@@H](C)[C@@H](NC(=O)O)C3)c(NC(=O)c3ccc(=O)n(-c4c(F)cccc4F)n3)ccc21. The summed E-state index contributed by atoms with van der Waals surface area (Å²) in [5.41, 5.74) is 0.0105. The summed E-state index contributed by atoms with van der Waals surface area (Å²) in [5.74, 6) is -2.78. The zero-order chi connectivity index (χ0) is 29.3. The first-order chi connectivity index (χ1) is 19.7. The summed E-state index contributed by atoms with van der Waals surface area (Å²) >= 11 is 0. The first kappa shape index (κ1) is 27.7. The van der Waals surface area contributed by atoms with E-state index < -0.39 is 34.9 Å². The molecule has 1 aliphatic heterocycles. The van der Waals surface area contributed by atoms with Gasteiger partial charge in [-0.25, -0.2) is 13.6 Å². The Morgan fingerprint density at radius 3 is 2.56 bits per heavy atom. The second-order valence-corrected chi connectivity index (χ2v) is 9.69. The molecular formula is C27H27F2N7O5. The molecule has 4 aromatic rings.